The Hall–Kier alpha value is -0.606. The molecule has 0 atom stereocenters. The number of hydrogen-bond donors (Lipinski definition) is 1. The van der Waals surface area contributed by atoms with Crippen molar-refractivity contribution in [3.63, 3.8) is 0 Å². The van der Waals surface area contributed by atoms with Crippen molar-refractivity contribution in [2.24, 2.45) is 0 Å². The molecule has 0 aliphatic heterocycles. The molecule has 2 nitrogen and oxygen atoms in total. The summed E-state index contributed by atoms with van der Waals surface area (Å²) in [5.41, 5.74) is 6.69. The largest absolute Gasteiger partial charge is 0.358 e. The quantitative estimate of drug-likeness (QED) is 0.299. The van der Waals surface area contributed by atoms with Crippen LogP contribution in [0.5, 0.6) is 0 Å². The number of halogens is 2. The summed E-state index contributed by atoms with van der Waals surface area (Å²) in [5.74, 6) is 0. The van der Waals surface area contributed by atoms with Gasteiger partial charge in [-0.25, -0.2) is 0 Å². The summed E-state index contributed by atoms with van der Waals surface area (Å²) in [7, 11) is 10.2. The fourth-order valence-corrected chi connectivity index (χ4v) is 1.90. The van der Waals surface area contributed by atoms with E-state index in [9.17, 15) is 0 Å². The molecule has 0 spiro atoms. The van der Waals surface area contributed by atoms with E-state index in [2.05, 4.69) is 66.3 Å². The molecule has 0 aliphatic rings. The maximum Gasteiger partial charge on any atom is -0.0771 e. The van der Waals surface area contributed by atoms with Crippen LogP contribution in [0.4, 0.5) is 0 Å². The van der Waals surface area contributed by atoms with Gasteiger partial charge in [-0.05, 0) is 0 Å². The summed E-state index contributed by atoms with van der Waals surface area (Å²) in [6.45, 7) is 8.60. The molecule has 0 saturated heterocycles. The van der Waals surface area contributed by atoms with Gasteiger partial charge >= 0.3 is 38.7 Å². The Morgan fingerprint density at radius 3 is 1.54 bits per heavy atom. The predicted molar refractivity (Wildman–Crippen MR) is 119 cm³/mol. The Balaban J connectivity index is 0. The molecule has 3 rings (SSSR count). The van der Waals surface area contributed by atoms with Crippen molar-refractivity contribution in [2.45, 2.75) is 26.3 Å². The molecule has 0 heterocycles. The summed E-state index contributed by atoms with van der Waals surface area (Å²) in [5, 5.41) is 12.9. The van der Waals surface area contributed by atoms with Crippen molar-refractivity contribution < 1.29 is 20.4 Å². The molecule has 0 saturated carbocycles. The first-order valence-corrected chi connectivity index (χ1v) is 13.2. The monoisotopic (exact) mass is 429 g/mol. The van der Waals surface area contributed by atoms with Gasteiger partial charge in [0.05, 0.1) is 0 Å². The topological polar surface area (TPSA) is 44.0 Å². The minimum absolute atomic E-state index is 0. The molecular weight excluding hydrogens is 401 g/mol. The third kappa shape index (κ3) is 13.6. The van der Waals surface area contributed by atoms with E-state index in [1.165, 1.54) is 21.5 Å². The number of hydrogen-bond acceptors (Lipinski definition) is 1. The number of nitrogens with one attached hydrogen (secondary N) is 1. The first kappa shape index (κ1) is 27.6. The maximum absolute atomic E-state index is 7.46. The molecule has 146 valence electrons. The summed E-state index contributed by atoms with van der Waals surface area (Å²) in [4.78, 5) is 3.34. The predicted octanol–water partition coefficient (Wildman–Crippen LogP) is 7.16. The van der Waals surface area contributed by atoms with Crippen LogP contribution in [0.25, 0.3) is 27.3 Å². The van der Waals surface area contributed by atoms with Crippen molar-refractivity contribution >= 4 is 45.0 Å². The van der Waals surface area contributed by atoms with Crippen LogP contribution in [0.15, 0.2) is 54.6 Å². The van der Waals surface area contributed by atoms with E-state index in [1.54, 1.807) is 0 Å². The van der Waals surface area contributed by atoms with Crippen molar-refractivity contribution in [2.75, 3.05) is 6.61 Å². The molecular formula is C21H29Cl2NOTi-4. The van der Waals surface area contributed by atoms with Crippen LogP contribution < -0.4 is 0 Å². The van der Waals surface area contributed by atoms with Gasteiger partial charge in [0.25, 0.3) is 0 Å². The fraction of sp³-hybridized carbons (Fsp3) is 0.238. The SMILES string of the molecule is CC(C)(C)[NH-].[CH2-]CO.[CH2]=[Ti]([Cl])[Cl].[CH3-].c1ccc2c(c1)[cH-]c1ccccc12. The molecule has 0 radical (unpaired) electrons. The number of aliphatic hydroxyl groups is 1. The van der Waals surface area contributed by atoms with Crippen molar-refractivity contribution in [3.8, 4) is 0 Å². The maximum atomic E-state index is 7.46. The zero-order valence-electron chi connectivity index (χ0n) is 16.0. The average Bonchev–Trinajstić information content (AvgIpc) is 2.84. The molecule has 0 fully saturated rings. The van der Waals surface area contributed by atoms with Crippen LogP contribution >= 0.6 is 18.6 Å². The third-order valence-corrected chi connectivity index (χ3v) is 2.52. The Bertz CT molecular complexity index is 703. The van der Waals surface area contributed by atoms with E-state index >= 15 is 0 Å². The average molecular weight is 430 g/mol. The van der Waals surface area contributed by atoms with E-state index in [0.717, 1.165) is 0 Å². The van der Waals surface area contributed by atoms with Gasteiger partial charge in [-0.1, -0.05) is 63.8 Å². The van der Waals surface area contributed by atoms with Gasteiger partial charge in [0.15, 0.2) is 0 Å². The molecule has 3 aromatic rings. The second-order valence-corrected chi connectivity index (χ2v) is 11.7. The normalized spacial score (nSPS) is 9.54. The number of benzene rings is 2. The van der Waals surface area contributed by atoms with Crippen LogP contribution in [0, 0.1) is 14.4 Å². The van der Waals surface area contributed by atoms with Gasteiger partial charge in [-0.2, -0.15) is 0 Å². The number of rotatable bonds is 0. The molecule has 0 unspecified atom stereocenters. The minimum Gasteiger partial charge on any atom is -0.358 e. The molecule has 0 aliphatic carbocycles. The van der Waals surface area contributed by atoms with E-state index in [4.69, 9.17) is 29.5 Å². The summed E-state index contributed by atoms with van der Waals surface area (Å²) < 4.78 is 0. The standard InChI is InChI=1S/C13H9.C4H10N.C2H5O.CH3.CH2.2ClH.Ti/c1-3-7-12-10(5-1)9-11-6-2-4-8-13(11)12;1-4(2,3)5;1-2-3;;;;;/h1-9H;5H,1-3H3;3H,1-2H2;1H3;1H2;2*1H;/q4*-1;;;;+2/p-2. The van der Waals surface area contributed by atoms with Crippen molar-refractivity contribution in [3.05, 3.63) is 74.7 Å². The number of fused-ring (bicyclic) bond motifs is 3. The zero-order chi connectivity index (χ0) is 19.5. The van der Waals surface area contributed by atoms with Gasteiger partial charge in [-0.15, -0.1) is 45.3 Å². The zero-order valence-corrected chi connectivity index (χ0v) is 19.1. The molecule has 0 amide bonds. The van der Waals surface area contributed by atoms with Crippen molar-refractivity contribution in [1.29, 1.82) is 0 Å². The summed E-state index contributed by atoms with van der Waals surface area (Å²) in [6.07, 6.45) is 0. The fourth-order valence-electron chi connectivity index (χ4n) is 1.90. The molecule has 5 heteroatoms. The Morgan fingerprint density at radius 1 is 1.04 bits per heavy atom. The second-order valence-electron chi connectivity index (χ2n) is 6.13. The second kappa shape index (κ2) is 14.5. The first-order valence-electron chi connectivity index (χ1n) is 7.78. The van der Waals surface area contributed by atoms with Gasteiger partial charge in [0.2, 0.25) is 0 Å². The Kier molecular flexibility index (Phi) is 15.3. The minimum atomic E-state index is -1.64. The number of aliphatic hydroxyl groups excluding tert-OH is 1. The van der Waals surface area contributed by atoms with Gasteiger partial charge in [-0.3, -0.25) is 0 Å². The van der Waals surface area contributed by atoms with Gasteiger partial charge in [0, 0.05) is 0 Å². The smallest absolute Gasteiger partial charge is 0.0771 e. The van der Waals surface area contributed by atoms with Crippen LogP contribution in [0.1, 0.15) is 20.8 Å². The van der Waals surface area contributed by atoms with Gasteiger partial charge in [0.1, 0.15) is 0 Å². The van der Waals surface area contributed by atoms with Gasteiger partial charge < -0.3 is 25.2 Å². The van der Waals surface area contributed by atoms with Crippen LogP contribution in [0.3, 0.4) is 0 Å². The molecule has 0 aromatic heterocycles. The van der Waals surface area contributed by atoms with Crippen LogP contribution in [-0.4, -0.2) is 22.1 Å². The van der Waals surface area contributed by atoms with E-state index in [-0.39, 0.29) is 19.6 Å². The summed E-state index contributed by atoms with van der Waals surface area (Å²) >= 11 is -1.64. The molecule has 2 N–H and O–H groups in total. The van der Waals surface area contributed by atoms with E-state index in [1.807, 2.05) is 20.8 Å². The molecule has 26 heavy (non-hydrogen) atoms. The van der Waals surface area contributed by atoms with Crippen molar-refractivity contribution in [1.82, 2.24) is 0 Å². The van der Waals surface area contributed by atoms with Crippen LogP contribution in [0.2, 0.25) is 0 Å². The Morgan fingerprint density at radius 2 is 1.27 bits per heavy atom. The summed E-state index contributed by atoms with van der Waals surface area (Å²) in [6, 6.07) is 19.3. The molecule has 0 bridgehead atoms. The first-order chi connectivity index (χ1) is 11.6. The van der Waals surface area contributed by atoms with E-state index < -0.39 is 15.3 Å². The molecule has 3 aromatic carbocycles. The third-order valence-electron chi connectivity index (χ3n) is 2.52. The Labute approximate surface area is 172 Å². The van der Waals surface area contributed by atoms with E-state index in [0.29, 0.717) is 0 Å². The van der Waals surface area contributed by atoms with Crippen LogP contribution in [-0.2, 0) is 15.3 Å².